The molecule has 0 aromatic heterocycles. The summed E-state index contributed by atoms with van der Waals surface area (Å²) < 4.78 is 20.3. The van der Waals surface area contributed by atoms with Gasteiger partial charge in [-0.25, -0.2) is 4.21 Å². The number of anilines is 1. The molecule has 82 valence electrons. The van der Waals surface area contributed by atoms with Gasteiger partial charge in [0.05, 0.1) is 4.90 Å². The monoisotopic (exact) mass is 226 g/mol. The van der Waals surface area contributed by atoms with E-state index in [1.165, 1.54) is 0 Å². The molecule has 1 aliphatic rings. The average Bonchev–Trinajstić information content (AvgIpc) is 2.69. The van der Waals surface area contributed by atoms with Crippen LogP contribution in [0.4, 0.5) is 5.69 Å². The third kappa shape index (κ3) is 2.19. The Morgan fingerprint density at radius 3 is 2.93 bits per heavy atom. The van der Waals surface area contributed by atoms with E-state index in [-0.39, 0.29) is 6.04 Å². The molecular weight excluding hydrogens is 212 g/mol. The van der Waals surface area contributed by atoms with E-state index in [0.717, 1.165) is 24.9 Å². The molecule has 5 heteroatoms. The van der Waals surface area contributed by atoms with Gasteiger partial charge in [0, 0.05) is 11.7 Å². The number of nitrogens with one attached hydrogen (secondary N) is 1. The van der Waals surface area contributed by atoms with E-state index in [1.807, 2.05) is 0 Å². The lowest BCUT2D eigenvalue weighted by Crippen LogP contribution is -2.15. The molecule has 1 fully saturated rings. The van der Waals surface area contributed by atoms with Crippen LogP contribution in [-0.4, -0.2) is 15.3 Å². The maximum atomic E-state index is 11.1. The maximum Gasteiger partial charge on any atom is 0.186 e. The Balaban J connectivity index is 2.41. The van der Waals surface area contributed by atoms with Gasteiger partial charge in [-0.2, -0.15) is 0 Å². The van der Waals surface area contributed by atoms with Gasteiger partial charge in [0.25, 0.3) is 0 Å². The summed E-state index contributed by atoms with van der Waals surface area (Å²) in [5.74, 6) is 0. The summed E-state index contributed by atoms with van der Waals surface area (Å²) in [7, 11) is 0. The van der Waals surface area contributed by atoms with E-state index < -0.39 is 11.1 Å². The van der Waals surface area contributed by atoms with Crippen LogP contribution in [0.5, 0.6) is 0 Å². The lowest BCUT2D eigenvalue weighted by Gasteiger charge is -2.14. The van der Waals surface area contributed by atoms with Crippen molar-refractivity contribution in [3.63, 3.8) is 0 Å². The van der Waals surface area contributed by atoms with Gasteiger partial charge in [-0.15, -0.1) is 0 Å². The molecule has 2 atom stereocenters. The van der Waals surface area contributed by atoms with Crippen LogP contribution in [0.3, 0.4) is 0 Å². The predicted molar refractivity (Wildman–Crippen MR) is 59.9 cm³/mol. The molecule has 2 rings (SSSR count). The van der Waals surface area contributed by atoms with Crippen molar-refractivity contribution in [3.8, 4) is 0 Å². The topological polar surface area (TPSA) is 75.4 Å². The highest BCUT2D eigenvalue weighted by Gasteiger charge is 2.21. The van der Waals surface area contributed by atoms with Crippen LogP contribution in [-0.2, 0) is 11.1 Å². The fraction of sp³-hybridized carbons (Fsp3) is 0.400. The fourth-order valence-electron chi connectivity index (χ4n) is 1.95. The molecule has 1 aliphatic heterocycles. The van der Waals surface area contributed by atoms with E-state index in [9.17, 15) is 4.21 Å². The first-order valence-corrected chi connectivity index (χ1v) is 6.03. The van der Waals surface area contributed by atoms with Gasteiger partial charge >= 0.3 is 0 Å². The largest absolute Gasteiger partial charge is 0.399 e. The smallest absolute Gasteiger partial charge is 0.186 e. The molecule has 4 N–H and O–H groups in total. The second-order valence-corrected chi connectivity index (χ2v) is 4.63. The van der Waals surface area contributed by atoms with E-state index in [0.29, 0.717) is 10.6 Å². The second kappa shape index (κ2) is 4.30. The zero-order valence-corrected chi connectivity index (χ0v) is 9.09. The summed E-state index contributed by atoms with van der Waals surface area (Å²) in [6.07, 6.45) is 2.09. The van der Waals surface area contributed by atoms with E-state index in [2.05, 4.69) is 5.32 Å². The Bertz CT molecular complexity index is 389. The highest BCUT2D eigenvalue weighted by molar-refractivity contribution is 7.79. The van der Waals surface area contributed by atoms with Crippen LogP contribution in [0.15, 0.2) is 23.1 Å². The van der Waals surface area contributed by atoms with Crippen molar-refractivity contribution in [2.24, 2.45) is 0 Å². The Hall–Kier alpha value is -0.910. The molecule has 1 unspecified atom stereocenters. The first-order valence-electron chi connectivity index (χ1n) is 4.92. The lowest BCUT2D eigenvalue weighted by molar-refractivity contribution is 0.558. The molecule has 4 nitrogen and oxygen atoms in total. The first-order chi connectivity index (χ1) is 7.18. The van der Waals surface area contributed by atoms with Crippen LogP contribution >= 0.6 is 0 Å². The summed E-state index contributed by atoms with van der Waals surface area (Å²) in [4.78, 5) is 0.462. The van der Waals surface area contributed by atoms with Crippen molar-refractivity contribution >= 4 is 16.8 Å². The maximum absolute atomic E-state index is 11.1. The SMILES string of the molecule is Nc1ccc(S(=O)O)c([C@@H]2CCCN2)c1. The molecule has 1 heterocycles. The standard InChI is InChI=1S/C10H14N2O2S/c11-7-3-4-10(15(13)14)8(6-7)9-2-1-5-12-9/h3-4,6,9,12H,1-2,5,11H2,(H,13,14)/t9-/m0/s1. The summed E-state index contributed by atoms with van der Waals surface area (Å²) >= 11 is -1.94. The van der Waals surface area contributed by atoms with Crippen LogP contribution in [0.1, 0.15) is 24.4 Å². The summed E-state index contributed by atoms with van der Waals surface area (Å²) in [5.41, 5.74) is 7.17. The van der Waals surface area contributed by atoms with Gasteiger partial charge in [0.1, 0.15) is 0 Å². The van der Waals surface area contributed by atoms with Crippen molar-refractivity contribution < 1.29 is 8.76 Å². The minimum Gasteiger partial charge on any atom is -0.399 e. The number of hydrogen-bond acceptors (Lipinski definition) is 3. The molecule has 1 aromatic rings. The summed E-state index contributed by atoms with van der Waals surface area (Å²) in [6.45, 7) is 0.955. The second-order valence-electron chi connectivity index (χ2n) is 3.70. The van der Waals surface area contributed by atoms with Crippen molar-refractivity contribution in [3.05, 3.63) is 23.8 Å². The van der Waals surface area contributed by atoms with Crippen LogP contribution in [0.25, 0.3) is 0 Å². The van der Waals surface area contributed by atoms with Crippen LogP contribution in [0.2, 0.25) is 0 Å². The van der Waals surface area contributed by atoms with Crippen molar-refractivity contribution in [2.45, 2.75) is 23.8 Å². The molecule has 0 spiro atoms. The third-order valence-electron chi connectivity index (χ3n) is 2.66. The summed E-state index contributed by atoms with van der Waals surface area (Å²) in [6, 6.07) is 5.23. The van der Waals surface area contributed by atoms with E-state index in [1.54, 1.807) is 18.2 Å². The number of rotatable bonds is 2. The molecule has 0 aliphatic carbocycles. The van der Waals surface area contributed by atoms with E-state index in [4.69, 9.17) is 10.3 Å². The zero-order valence-electron chi connectivity index (χ0n) is 8.27. The van der Waals surface area contributed by atoms with Gasteiger partial charge < -0.3 is 15.6 Å². The Labute approximate surface area is 91.2 Å². The van der Waals surface area contributed by atoms with Crippen molar-refractivity contribution in [1.29, 1.82) is 0 Å². The van der Waals surface area contributed by atoms with Crippen molar-refractivity contribution in [1.82, 2.24) is 5.32 Å². The van der Waals surface area contributed by atoms with Crippen LogP contribution < -0.4 is 11.1 Å². The number of hydrogen-bond donors (Lipinski definition) is 3. The Kier molecular flexibility index (Phi) is 3.04. The number of nitrogens with two attached hydrogens (primary N) is 1. The summed E-state index contributed by atoms with van der Waals surface area (Å²) in [5, 5.41) is 3.29. The Morgan fingerprint density at radius 2 is 2.33 bits per heavy atom. The van der Waals surface area contributed by atoms with Gasteiger partial charge in [0.15, 0.2) is 11.1 Å². The van der Waals surface area contributed by atoms with Crippen molar-refractivity contribution in [2.75, 3.05) is 12.3 Å². The molecule has 1 aromatic carbocycles. The third-order valence-corrected chi connectivity index (χ3v) is 3.41. The van der Waals surface area contributed by atoms with Crippen LogP contribution in [0, 0.1) is 0 Å². The quantitative estimate of drug-likeness (QED) is 0.524. The molecule has 15 heavy (non-hydrogen) atoms. The normalized spacial score (nSPS) is 22.9. The molecule has 0 radical (unpaired) electrons. The molecular formula is C10H14N2O2S. The number of nitrogen functional groups attached to an aromatic ring is 1. The van der Waals surface area contributed by atoms with Gasteiger partial charge in [0.2, 0.25) is 0 Å². The predicted octanol–water partition coefficient (Wildman–Crippen LogP) is 1.27. The lowest BCUT2D eigenvalue weighted by atomic mass is 10.0. The average molecular weight is 226 g/mol. The molecule has 1 saturated heterocycles. The first kappa shape index (κ1) is 10.6. The fourth-order valence-corrected chi connectivity index (χ4v) is 2.54. The number of benzene rings is 1. The van der Waals surface area contributed by atoms with Gasteiger partial charge in [-0.05, 0) is 43.1 Å². The zero-order chi connectivity index (χ0) is 10.8. The highest BCUT2D eigenvalue weighted by Crippen LogP contribution is 2.29. The minimum atomic E-state index is -1.94. The molecule has 0 bridgehead atoms. The molecule has 0 saturated carbocycles. The van der Waals surface area contributed by atoms with E-state index >= 15 is 0 Å². The molecule has 0 amide bonds. The Morgan fingerprint density at radius 1 is 1.53 bits per heavy atom. The van der Waals surface area contributed by atoms with Gasteiger partial charge in [-0.1, -0.05) is 0 Å². The van der Waals surface area contributed by atoms with Gasteiger partial charge in [-0.3, -0.25) is 0 Å². The highest BCUT2D eigenvalue weighted by atomic mass is 32.2. The minimum absolute atomic E-state index is 0.166.